The molecule has 0 bridgehead atoms. The first-order valence-corrected chi connectivity index (χ1v) is 4.32. The Bertz CT molecular complexity index is 436. The van der Waals surface area contributed by atoms with Gasteiger partial charge in [-0.25, -0.2) is 9.78 Å². The Kier molecular flexibility index (Phi) is 2.90. The normalized spacial score (nSPS) is 14.6. The van der Waals surface area contributed by atoms with Gasteiger partial charge < -0.3 is 10.2 Å². The minimum absolute atomic E-state index is 0.325. The highest BCUT2D eigenvalue weighted by Gasteiger charge is 2.30. The van der Waals surface area contributed by atoms with E-state index in [9.17, 15) is 14.7 Å². The second kappa shape index (κ2) is 3.82. The van der Waals surface area contributed by atoms with Crippen LogP contribution in [0.15, 0.2) is 17.2 Å². The Labute approximate surface area is 85.8 Å². The lowest BCUT2D eigenvalue weighted by Gasteiger charge is -2.18. The lowest BCUT2D eigenvalue weighted by atomic mass is 10.1. The number of hydrogen-bond acceptors (Lipinski definition) is 4. The van der Waals surface area contributed by atoms with Crippen LogP contribution in [-0.4, -0.2) is 31.3 Å². The first-order valence-electron chi connectivity index (χ1n) is 4.32. The third-order valence-electron chi connectivity index (χ3n) is 1.96. The molecule has 0 aromatic carbocycles. The monoisotopic (exact) mass is 212 g/mol. The van der Waals surface area contributed by atoms with E-state index in [1.807, 2.05) is 0 Å². The van der Waals surface area contributed by atoms with Gasteiger partial charge in [0.1, 0.15) is 0 Å². The van der Waals surface area contributed by atoms with Gasteiger partial charge in [-0.2, -0.15) is 0 Å². The van der Waals surface area contributed by atoms with Gasteiger partial charge in [0.25, 0.3) is 5.56 Å². The molecule has 2 N–H and O–H groups in total. The predicted molar refractivity (Wildman–Crippen MR) is 51.5 cm³/mol. The van der Waals surface area contributed by atoms with E-state index in [1.54, 1.807) is 6.92 Å². The molecular formula is C9H12N2O4. The van der Waals surface area contributed by atoms with Crippen LogP contribution in [0.4, 0.5) is 0 Å². The smallest absolute Gasteiger partial charge is 0.337 e. The molecule has 6 heteroatoms. The SMILES string of the molecule is Cc1cc(=O)n(CC(C)(O)C(=O)O)cn1. The van der Waals surface area contributed by atoms with Gasteiger partial charge in [0, 0.05) is 11.8 Å². The van der Waals surface area contributed by atoms with E-state index in [0.717, 1.165) is 11.5 Å². The van der Waals surface area contributed by atoms with Crippen LogP contribution >= 0.6 is 0 Å². The van der Waals surface area contributed by atoms with Crippen molar-refractivity contribution < 1.29 is 15.0 Å². The summed E-state index contributed by atoms with van der Waals surface area (Å²) in [6, 6.07) is 1.28. The molecule has 1 rings (SSSR count). The summed E-state index contributed by atoms with van der Waals surface area (Å²) in [4.78, 5) is 25.8. The second-order valence-electron chi connectivity index (χ2n) is 3.58. The minimum atomic E-state index is -1.97. The first kappa shape index (κ1) is 11.4. The van der Waals surface area contributed by atoms with Crippen molar-refractivity contribution >= 4 is 5.97 Å². The molecule has 1 unspecified atom stereocenters. The average molecular weight is 212 g/mol. The summed E-state index contributed by atoms with van der Waals surface area (Å²) in [5, 5.41) is 18.1. The van der Waals surface area contributed by atoms with Gasteiger partial charge in [-0.15, -0.1) is 0 Å². The maximum Gasteiger partial charge on any atom is 0.337 e. The standard InChI is InChI=1S/C9H12N2O4/c1-6-3-7(12)11(5-10-6)4-9(2,15)8(13)14/h3,5,15H,4H2,1-2H3,(H,13,14). The second-order valence-corrected chi connectivity index (χ2v) is 3.58. The molecule has 1 atom stereocenters. The van der Waals surface area contributed by atoms with Gasteiger partial charge in [0.2, 0.25) is 0 Å². The summed E-state index contributed by atoms with van der Waals surface area (Å²) in [5.74, 6) is -1.38. The van der Waals surface area contributed by atoms with Crippen molar-refractivity contribution in [2.45, 2.75) is 26.0 Å². The molecule has 1 aromatic heterocycles. The van der Waals surface area contributed by atoms with E-state index in [4.69, 9.17) is 5.11 Å². The molecule has 0 aliphatic heterocycles. The third kappa shape index (κ3) is 2.63. The lowest BCUT2D eigenvalue weighted by molar-refractivity contribution is -0.157. The molecule has 15 heavy (non-hydrogen) atoms. The summed E-state index contributed by atoms with van der Waals surface area (Å²) in [7, 11) is 0. The number of aliphatic hydroxyl groups is 1. The Morgan fingerprint density at radius 3 is 2.73 bits per heavy atom. The molecule has 1 heterocycles. The molecule has 0 aliphatic carbocycles. The zero-order chi connectivity index (χ0) is 11.6. The van der Waals surface area contributed by atoms with Gasteiger partial charge in [-0.05, 0) is 13.8 Å². The number of rotatable bonds is 3. The largest absolute Gasteiger partial charge is 0.479 e. The number of aromatic nitrogens is 2. The fraction of sp³-hybridized carbons (Fsp3) is 0.444. The summed E-state index contributed by atoms with van der Waals surface area (Å²) in [6.45, 7) is 2.46. The van der Waals surface area contributed by atoms with E-state index in [1.165, 1.54) is 12.4 Å². The summed E-state index contributed by atoms with van der Waals surface area (Å²) in [6.07, 6.45) is 1.22. The molecule has 1 aromatic rings. The van der Waals surface area contributed by atoms with Crippen molar-refractivity contribution in [1.29, 1.82) is 0 Å². The third-order valence-corrected chi connectivity index (χ3v) is 1.96. The number of carboxylic acids is 1. The molecule has 82 valence electrons. The fourth-order valence-electron chi connectivity index (χ4n) is 1.03. The van der Waals surface area contributed by atoms with Gasteiger partial charge in [-0.3, -0.25) is 9.36 Å². The zero-order valence-corrected chi connectivity index (χ0v) is 8.47. The lowest BCUT2D eigenvalue weighted by Crippen LogP contribution is -2.42. The van der Waals surface area contributed by atoms with Crippen LogP contribution in [0.25, 0.3) is 0 Å². The summed E-state index contributed by atoms with van der Waals surface area (Å²) in [5.41, 5.74) is -1.81. The molecule has 0 fully saturated rings. The van der Waals surface area contributed by atoms with Crippen molar-refractivity contribution in [3.8, 4) is 0 Å². The van der Waals surface area contributed by atoms with Crippen molar-refractivity contribution in [3.05, 3.63) is 28.4 Å². The van der Waals surface area contributed by atoms with Crippen LogP contribution in [0, 0.1) is 6.92 Å². The number of aryl methyl sites for hydroxylation is 1. The fourth-order valence-corrected chi connectivity index (χ4v) is 1.03. The van der Waals surface area contributed by atoms with Crippen LogP contribution < -0.4 is 5.56 Å². The molecule has 0 radical (unpaired) electrons. The van der Waals surface area contributed by atoms with E-state index in [0.29, 0.717) is 5.69 Å². The number of carboxylic acid groups (broad SMARTS) is 1. The molecule has 0 amide bonds. The number of aliphatic carboxylic acids is 1. The highest BCUT2D eigenvalue weighted by atomic mass is 16.4. The van der Waals surface area contributed by atoms with Crippen LogP contribution in [0.5, 0.6) is 0 Å². The van der Waals surface area contributed by atoms with Crippen molar-refractivity contribution in [1.82, 2.24) is 9.55 Å². The van der Waals surface area contributed by atoms with Gasteiger partial charge in [0.05, 0.1) is 12.9 Å². The van der Waals surface area contributed by atoms with E-state index >= 15 is 0 Å². The Balaban J connectivity index is 3.00. The highest BCUT2D eigenvalue weighted by molar-refractivity contribution is 5.76. The van der Waals surface area contributed by atoms with Gasteiger partial charge in [-0.1, -0.05) is 0 Å². The minimum Gasteiger partial charge on any atom is -0.479 e. The number of carbonyl (C=O) groups is 1. The Morgan fingerprint density at radius 2 is 2.27 bits per heavy atom. The maximum absolute atomic E-state index is 11.4. The molecule has 0 spiro atoms. The van der Waals surface area contributed by atoms with E-state index in [-0.39, 0.29) is 12.1 Å². The number of nitrogens with zero attached hydrogens (tertiary/aromatic N) is 2. The van der Waals surface area contributed by atoms with Crippen LogP contribution in [0.3, 0.4) is 0 Å². The Hall–Kier alpha value is -1.69. The quantitative estimate of drug-likeness (QED) is 0.697. The zero-order valence-electron chi connectivity index (χ0n) is 8.47. The average Bonchev–Trinajstić information content (AvgIpc) is 2.09. The molecule has 0 aliphatic rings. The first-order chi connectivity index (χ1) is 6.83. The molecular weight excluding hydrogens is 200 g/mol. The molecule has 6 nitrogen and oxygen atoms in total. The predicted octanol–water partition coefficient (Wildman–Crippen LogP) is -0.613. The topological polar surface area (TPSA) is 92.4 Å². The number of hydrogen-bond donors (Lipinski definition) is 2. The van der Waals surface area contributed by atoms with Crippen LogP contribution in [0.2, 0.25) is 0 Å². The van der Waals surface area contributed by atoms with E-state index < -0.39 is 11.6 Å². The van der Waals surface area contributed by atoms with Crippen molar-refractivity contribution in [2.75, 3.05) is 0 Å². The summed E-state index contributed by atoms with van der Waals surface area (Å²) >= 11 is 0. The van der Waals surface area contributed by atoms with Crippen LogP contribution in [-0.2, 0) is 11.3 Å². The van der Waals surface area contributed by atoms with Gasteiger partial charge in [0.15, 0.2) is 5.60 Å². The van der Waals surface area contributed by atoms with Gasteiger partial charge >= 0.3 is 5.97 Å². The van der Waals surface area contributed by atoms with Crippen LogP contribution in [0.1, 0.15) is 12.6 Å². The molecule has 0 saturated carbocycles. The highest BCUT2D eigenvalue weighted by Crippen LogP contribution is 2.05. The van der Waals surface area contributed by atoms with Crippen molar-refractivity contribution in [3.63, 3.8) is 0 Å². The molecule has 0 saturated heterocycles. The van der Waals surface area contributed by atoms with E-state index in [2.05, 4.69) is 4.98 Å². The Morgan fingerprint density at radius 1 is 1.67 bits per heavy atom. The summed E-state index contributed by atoms with van der Waals surface area (Å²) < 4.78 is 1.06. The maximum atomic E-state index is 11.4. The van der Waals surface area contributed by atoms with Crippen molar-refractivity contribution in [2.24, 2.45) is 0 Å².